The third-order valence-electron chi connectivity index (χ3n) is 1.94. The van der Waals surface area contributed by atoms with E-state index in [1.807, 2.05) is 4.72 Å². The number of hydrogen-bond donors (Lipinski definition) is 1. The van der Waals surface area contributed by atoms with Crippen LogP contribution in [0.15, 0.2) is 39.0 Å². The Bertz CT molecular complexity index is 653. The summed E-state index contributed by atoms with van der Waals surface area (Å²) in [5.41, 5.74) is -0.0271. The molecule has 6 nitrogen and oxygen atoms in total. The minimum absolute atomic E-state index is 0.00207. The number of carbonyl (C=O) groups excluding carboxylic acids is 1. The van der Waals surface area contributed by atoms with Gasteiger partial charge in [-0.05, 0) is 35.8 Å². The standard InChI is InChI=1S/C9H6BrN3O3S2/c10-6-1-3-7(4-2-6)18(15,16)12-9(14)8-5-17-13-11-8/h1-5H,(H,12,14). The maximum atomic E-state index is 11.9. The molecule has 1 aromatic carbocycles. The van der Waals surface area contributed by atoms with Crippen LogP contribution in [-0.4, -0.2) is 23.9 Å². The van der Waals surface area contributed by atoms with Crippen LogP contribution >= 0.6 is 27.5 Å². The van der Waals surface area contributed by atoms with Crippen LogP contribution in [0, 0.1) is 0 Å². The van der Waals surface area contributed by atoms with Gasteiger partial charge in [0.05, 0.1) is 4.90 Å². The van der Waals surface area contributed by atoms with Gasteiger partial charge in [0, 0.05) is 9.85 Å². The van der Waals surface area contributed by atoms with Crippen LogP contribution in [0.3, 0.4) is 0 Å². The maximum absolute atomic E-state index is 11.9. The Morgan fingerprint density at radius 2 is 1.94 bits per heavy atom. The summed E-state index contributed by atoms with van der Waals surface area (Å²) in [6, 6.07) is 5.92. The molecule has 2 aromatic rings. The van der Waals surface area contributed by atoms with E-state index in [0.717, 1.165) is 16.0 Å². The monoisotopic (exact) mass is 347 g/mol. The molecule has 1 N–H and O–H groups in total. The number of aromatic nitrogens is 2. The molecule has 2 rings (SSSR count). The molecule has 1 aromatic heterocycles. The molecular formula is C9H6BrN3O3S2. The predicted octanol–water partition coefficient (Wildman–Crippen LogP) is 1.42. The fourth-order valence-corrected chi connectivity index (χ4v) is 2.77. The first-order valence-corrected chi connectivity index (χ1v) is 7.70. The van der Waals surface area contributed by atoms with Crippen LogP contribution in [0.25, 0.3) is 0 Å². The summed E-state index contributed by atoms with van der Waals surface area (Å²) < 4.78 is 29.9. The Balaban J connectivity index is 2.22. The summed E-state index contributed by atoms with van der Waals surface area (Å²) in [5.74, 6) is -0.799. The normalized spacial score (nSPS) is 11.2. The summed E-state index contributed by atoms with van der Waals surface area (Å²) in [4.78, 5) is 11.6. The van der Waals surface area contributed by atoms with Crippen LogP contribution in [0.5, 0.6) is 0 Å². The molecule has 0 bridgehead atoms. The van der Waals surface area contributed by atoms with Gasteiger partial charge in [-0.1, -0.05) is 20.4 Å². The second kappa shape index (κ2) is 5.12. The molecule has 0 spiro atoms. The van der Waals surface area contributed by atoms with E-state index >= 15 is 0 Å². The highest BCUT2D eigenvalue weighted by atomic mass is 79.9. The second-order valence-electron chi connectivity index (χ2n) is 3.18. The van der Waals surface area contributed by atoms with Crippen molar-refractivity contribution >= 4 is 43.4 Å². The van der Waals surface area contributed by atoms with Crippen LogP contribution in [0.2, 0.25) is 0 Å². The quantitative estimate of drug-likeness (QED) is 0.906. The first-order valence-electron chi connectivity index (χ1n) is 4.59. The zero-order valence-electron chi connectivity index (χ0n) is 8.70. The van der Waals surface area contributed by atoms with Gasteiger partial charge in [-0.2, -0.15) is 0 Å². The van der Waals surface area contributed by atoms with Gasteiger partial charge in [0.2, 0.25) is 0 Å². The predicted molar refractivity (Wildman–Crippen MR) is 68.7 cm³/mol. The highest BCUT2D eigenvalue weighted by Crippen LogP contribution is 2.14. The van der Waals surface area contributed by atoms with Crippen molar-refractivity contribution in [3.8, 4) is 0 Å². The average Bonchev–Trinajstić information content (AvgIpc) is 2.82. The molecule has 1 heterocycles. The minimum Gasteiger partial charge on any atom is -0.266 e. The number of benzene rings is 1. The van der Waals surface area contributed by atoms with Gasteiger partial charge in [0.15, 0.2) is 5.69 Å². The van der Waals surface area contributed by atoms with Crippen molar-refractivity contribution in [1.29, 1.82) is 0 Å². The van der Waals surface area contributed by atoms with E-state index in [9.17, 15) is 13.2 Å². The molecule has 94 valence electrons. The van der Waals surface area contributed by atoms with Gasteiger partial charge in [0.1, 0.15) is 0 Å². The number of sulfonamides is 1. The van der Waals surface area contributed by atoms with Crippen molar-refractivity contribution in [2.24, 2.45) is 0 Å². The Labute approximate surface area is 115 Å². The fraction of sp³-hybridized carbons (Fsp3) is 0. The minimum atomic E-state index is -3.89. The molecule has 1 amide bonds. The summed E-state index contributed by atoms with van der Waals surface area (Å²) in [6.07, 6.45) is 0. The smallest absolute Gasteiger partial charge is 0.266 e. The Kier molecular flexibility index (Phi) is 3.73. The van der Waals surface area contributed by atoms with Crippen molar-refractivity contribution < 1.29 is 13.2 Å². The summed E-state index contributed by atoms with van der Waals surface area (Å²) in [7, 11) is -3.89. The summed E-state index contributed by atoms with van der Waals surface area (Å²) >= 11 is 4.16. The lowest BCUT2D eigenvalue weighted by molar-refractivity contribution is 0.0976. The molecule has 0 saturated carbocycles. The van der Waals surface area contributed by atoms with Crippen molar-refractivity contribution in [1.82, 2.24) is 14.3 Å². The van der Waals surface area contributed by atoms with Gasteiger partial charge in [-0.25, -0.2) is 13.1 Å². The SMILES string of the molecule is O=C(NS(=O)(=O)c1ccc(Br)cc1)c1csnn1. The lowest BCUT2D eigenvalue weighted by Crippen LogP contribution is -2.30. The van der Waals surface area contributed by atoms with E-state index in [1.54, 1.807) is 12.1 Å². The number of hydrogen-bond acceptors (Lipinski definition) is 6. The van der Waals surface area contributed by atoms with E-state index in [2.05, 4.69) is 25.5 Å². The highest BCUT2D eigenvalue weighted by molar-refractivity contribution is 9.10. The zero-order valence-corrected chi connectivity index (χ0v) is 11.9. The van der Waals surface area contributed by atoms with Crippen molar-refractivity contribution in [2.75, 3.05) is 0 Å². The van der Waals surface area contributed by atoms with Crippen molar-refractivity contribution in [3.63, 3.8) is 0 Å². The number of rotatable bonds is 3. The van der Waals surface area contributed by atoms with E-state index in [0.29, 0.717) is 0 Å². The van der Waals surface area contributed by atoms with Gasteiger partial charge in [-0.15, -0.1) is 5.10 Å². The Morgan fingerprint density at radius 3 is 2.50 bits per heavy atom. The average molecular weight is 348 g/mol. The molecule has 0 aliphatic carbocycles. The highest BCUT2D eigenvalue weighted by Gasteiger charge is 2.19. The Morgan fingerprint density at radius 1 is 1.28 bits per heavy atom. The number of nitrogens with one attached hydrogen (secondary N) is 1. The van der Waals surface area contributed by atoms with Crippen LogP contribution < -0.4 is 4.72 Å². The lowest BCUT2D eigenvalue weighted by atomic mass is 10.4. The summed E-state index contributed by atoms with van der Waals surface area (Å²) in [6.45, 7) is 0. The van der Waals surface area contributed by atoms with E-state index in [4.69, 9.17) is 0 Å². The third-order valence-corrected chi connectivity index (χ3v) is 4.32. The third kappa shape index (κ3) is 2.92. The number of halogens is 1. The molecule has 18 heavy (non-hydrogen) atoms. The maximum Gasteiger partial charge on any atom is 0.286 e. The largest absolute Gasteiger partial charge is 0.286 e. The number of amides is 1. The first kappa shape index (κ1) is 13.1. The molecule has 0 unspecified atom stereocenters. The molecule has 0 atom stereocenters. The topological polar surface area (TPSA) is 89.0 Å². The summed E-state index contributed by atoms with van der Waals surface area (Å²) in [5, 5.41) is 4.86. The Hall–Kier alpha value is -1.32. The van der Waals surface area contributed by atoms with E-state index in [1.165, 1.54) is 17.5 Å². The number of carbonyl (C=O) groups is 1. The van der Waals surface area contributed by atoms with Gasteiger partial charge >= 0.3 is 0 Å². The molecule has 0 radical (unpaired) electrons. The van der Waals surface area contributed by atoms with Crippen molar-refractivity contribution in [3.05, 3.63) is 39.8 Å². The second-order valence-corrected chi connectivity index (χ2v) is 6.39. The van der Waals surface area contributed by atoms with E-state index in [-0.39, 0.29) is 10.6 Å². The molecule has 0 aliphatic rings. The van der Waals surface area contributed by atoms with Gasteiger partial charge in [-0.3, -0.25) is 4.79 Å². The fourth-order valence-electron chi connectivity index (χ4n) is 1.11. The van der Waals surface area contributed by atoms with Gasteiger partial charge in [0.25, 0.3) is 15.9 Å². The molecule has 0 aliphatic heterocycles. The number of nitrogens with zero attached hydrogens (tertiary/aromatic N) is 2. The lowest BCUT2D eigenvalue weighted by Gasteiger charge is -2.05. The molecular weight excluding hydrogens is 342 g/mol. The molecule has 9 heteroatoms. The van der Waals surface area contributed by atoms with Crippen LogP contribution in [0.1, 0.15) is 10.5 Å². The van der Waals surface area contributed by atoms with Crippen LogP contribution in [0.4, 0.5) is 0 Å². The molecule has 0 fully saturated rings. The molecule has 0 saturated heterocycles. The first-order chi connectivity index (χ1) is 8.49. The van der Waals surface area contributed by atoms with E-state index < -0.39 is 15.9 Å². The zero-order chi connectivity index (χ0) is 13.2. The van der Waals surface area contributed by atoms with Crippen molar-refractivity contribution in [2.45, 2.75) is 4.90 Å². The van der Waals surface area contributed by atoms with Crippen LogP contribution in [-0.2, 0) is 10.0 Å². The van der Waals surface area contributed by atoms with Gasteiger partial charge < -0.3 is 0 Å².